The molecule has 386 valence electrons. The highest BCUT2D eigenvalue weighted by atomic mass is 19.0. The lowest BCUT2D eigenvalue weighted by Crippen LogP contribution is -2.29. The molecular formula is C71H59BFN3O3. The molecule has 0 amide bonds. The predicted octanol–water partition coefficient (Wildman–Crippen LogP) is 16.9. The van der Waals surface area contributed by atoms with Gasteiger partial charge in [-0.15, -0.1) is 0 Å². The molecule has 4 heterocycles. The van der Waals surface area contributed by atoms with Crippen LogP contribution in [0.15, 0.2) is 267 Å². The van der Waals surface area contributed by atoms with Gasteiger partial charge in [-0.25, -0.2) is 0 Å². The van der Waals surface area contributed by atoms with E-state index in [0.29, 0.717) is 5.46 Å². The highest BCUT2D eigenvalue weighted by Gasteiger charge is 2.19. The summed E-state index contributed by atoms with van der Waals surface area (Å²) in [5.41, 5.74) is 18.2. The monoisotopic (exact) mass is 1030 g/mol. The summed E-state index contributed by atoms with van der Waals surface area (Å²) in [5, 5.41) is 26.0. The largest absolute Gasteiger partial charge is 0.488 e. The third kappa shape index (κ3) is 9.90. The molecule has 6 nitrogen and oxygen atoms in total. The van der Waals surface area contributed by atoms with Gasteiger partial charge in [-0.05, 0) is 143 Å². The van der Waals surface area contributed by atoms with Crippen LogP contribution in [0.25, 0.3) is 116 Å². The first-order chi connectivity index (χ1) is 38.1. The molecule has 1 aliphatic rings. The quantitative estimate of drug-likeness (QED) is 0.156. The van der Waals surface area contributed by atoms with Gasteiger partial charge >= 0.3 is 7.12 Å². The Morgan fingerprint density at radius 1 is 0.291 bits per heavy atom. The van der Waals surface area contributed by atoms with E-state index in [1.54, 1.807) is 6.07 Å². The van der Waals surface area contributed by atoms with Crippen LogP contribution in [-0.4, -0.2) is 44.1 Å². The van der Waals surface area contributed by atoms with Gasteiger partial charge in [0.2, 0.25) is 0 Å². The summed E-state index contributed by atoms with van der Waals surface area (Å²) in [6.45, 7) is 2.00. The minimum Gasteiger partial charge on any atom is -0.423 e. The molecule has 2 N–H and O–H groups in total. The van der Waals surface area contributed by atoms with Crippen LogP contribution in [-0.2, 0) is 4.74 Å². The van der Waals surface area contributed by atoms with E-state index >= 15 is 0 Å². The van der Waals surface area contributed by atoms with E-state index in [2.05, 4.69) is 232 Å². The third-order valence-electron chi connectivity index (χ3n) is 15.0. The number of fused-ring (bicyclic) bond motifs is 9. The molecule has 1 aliphatic heterocycles. The summed E-state index contributed by atoms with van der Waals surface area (Å²) < 4.78 is 11.9. The normalized spacial score (nSPS) is 12.0. The Balaban J connectivity index is 0.000000188. The molecule has 0 saturated carbocycles. The summed E-state index contributed by atoms with van der Waals surface area (Å²) in [4.78, 5) is 0. The van der Waals surface area contributed by atoms with Crippen LogP contribution in [0.1, 0.15) is 20.3 Å². The van der Waals surface area contributed by atoms with Crippen molar-refractivity contribution in [1.82, 2.24) is 13.7 Å². The molecule has 0 unspecified atom stereocenters. The van der Waals surface area contributed by atoms with Gasteiger partial charge in [-0.1, -0.05) is 183 Å². The van der Waals surface area contributed by atoms with E-state index in [0.717, 1.165) is 46.4 Å². The molecule has 1 saturated heterocycles. The average Bonchev–Trinajstić information content (AvgIpc) is 4.50. The van der Waals surface area contributed by atoms with Crippen molar-refractivity contribution in [2.45, 2.75) is 20.3 Å². The standard InChI is InChI=1S/C48H32N2.C18H14BNO2.C4H8O.CH4.FH/c1-4-12-33(13-5-1)35-20-25-40(26-21-35)50-47-27-22-36(34-14-6-2-7-15-34)30-43(47)44-32-38(24-29-48(44)50)37-23-28-46-42(31-37)41-18-10-11-19-45(41)49(46)39-16-8-3-9-17-39;21-19(22)13-10-11-18-16(12-13)15-8-4-5-9-17(15)20(18)14-6-2-1-3-7-14;1-2-4-5-3-1;;/h1-32H;1-12,21-22H;1-4H2;1H4;1H. The second-order valence-corrected chi connectivity index (χ2v) is 19.7. The molecule has 0 radical (unpaired) electrons. The Morgan fingerprint density at radius 2 is 0.595 bits per heavy atom. The van der Waals surface area contributed by atoms with Crippen molar-refractivity contribution in [2.75, 3.05) is 13.2 Å². The van der Waals surface area contributed by atoms with Crippen molar-refractivity contribution in [2.24, 2.45) is 0 Å². The van der Waals surface area contributed by atoms with E-state index < -0.39 is 7.12 Å². The van der Waals surface area contributed by atoms with Gasteiger partial charge in [0.15, 0.2) is 0 Å². The predicted molar refractivity (Wildman–Crippen MR) is 331 cm³/mol. The summed E-state index contributed by atoms with van der Waals surface area (Å²) in [7, 11) is -1.46. The Labute approximate surface area is 459 Å². The first-order valence-corrected chi connectivity index (χ1v) is 26.5. The highest BCUT2D eigenvalue weighted by molar-refractivity contribution is 6.59. The van der Waals surface area contributed by atoms with Crippen LogP contribution in [0.3, 0.4) is 0 Å². The lowest BCUT2D eigenvalue weighted by molar-refractivity contribution is 0.198. The molecular weight excluding hydrogens is 973 g/mol. The van der Waals surface area contributed by atoms with E-state index in [4.69, 9.17) is 4.74 Å². The fourth-order valence-corrected chi connectivity index (χ4v) is 11.2. The maximum absolute atomic E-state index is 9.43. The van der Waals surface area contributed by atoms with Crippen LogP contribution in [0.2, 0.25) is 0 Å². The maximum atomic E-state index is 9.43. The van der Waals surface area contributed by atoms with Crippen LogP contribution < -0.4 is 5.46 Å². The third-order valence-corrected chi connectivity index (χ3v) is 15.0. The van der Waals surface area contributed by atoms with Gasteiger partial charge in [0.1, 0.15) is 0 Å². The SMILES string of the molecule is C.C1CCOC1.F.OB(O)c1ccc2c(c1)c1ccccc1n2-c1ccccc1.c1ccc(-c2ccc(-n3c4ccc(-c5ccccc5)cc4c4cc(-c5ccc6c(c5)c5ccccc5n6-c5ccccc5)ccc43)cc2)cc1. The number of rotatable bonds is 7. The second kappa shape index (κ2) is 22.7. The number of hydrogen-bond acceptors (Lipinski definition) is 3. The molecule has 8 heteroatoms. The number of halogens is 1. The molecule has 0 aliphatic carbocycles. The van der Waals surface area contributed by atoms with Gasteiger partial charge < -0.3 is 28.5 Å². The smallest absolute Gasteiger partial charge is 0.423 e. The summed E-state index contributed by atoms with van der Waals surface area (Å²) in [6.07, 6.45) is 2.56. The Kier molecular flexibility index (Phi) is 14.9. The molecule has 14 aromatic rings. The van der Waals surface area contributed by atoms with Crippen LogP contribution in [0.4, 0.5) is 4.70 Å². The molecule has 0 bridgehead atoms. The first-order valence-electron chi connectivity index (χ1n) is 26.5. The number of aromatic nitrogens is 3. The lowest BCUT2D eigenvalue weighted by Gasteiger charge is -2.10. The van der Waals surface area contributed by atoms with E-state index in [9.17, 15) is 10.0 Å². The minimum atomic E-state index is -1.46. The molecule has 11 aromatic carbocycles. The van der Waals surface area contributed by atoms with Gasteiger partial charge in [0.05, 0.1) is 33.1 Å². The van der Waals surface area contributed by atoms with Crippen molar-refractivity contribution in [3.8, 4) is 50.4 Å². The zero-order chi connectivity index (χ0) is 51.7. The summed E-state index contributed by atoms with van der Waals surface area (Å²) in [5.74, 6) is 0. The van der Waals surface area contributed by atoms with Gasteiger partial charge in [-0.2, -0.15) is 0 Å². The average molecular weight is 1030 g/mol. The van der Waals surface area contributed by atoms with Gasteiger partial charge in [0.25, 0.3) is 0 Å². The molecule has 79 heavy (non-hydrogen) atoms. The summed E-state index contributed by atoms with van der Waals surface area (Å²) >= 11 is 0. The van der Waals surface area contributed by atoms with Crippen LogP contribution >= 0.6 is 0 Å². The molecule has 3 aromatic heterocycles. The lowest BCUT2D eigenvalue weighted by atomic mass is 9.80. The number of nitrogens with zero attached hydrogens (tertiary/aromatic N) is 3. The molecule has 15 rings (SSSR count). The van der Waals surface area contributed by atoms with Crippen molar-refractivity contribution in [3.63, 3.8) is 0 Å². The second-order valence-electron chi connectivity index (χ2n) is 19.7. The Bertz CT molecular complexity index is 4370. The highest BCUT2D eigenvalue weighted by Crippen LogP contribution is 2.40. The fourth-order valence-electron chi connectivity index (χ4n) is 11.2. The number of hydrogen-bond donors (Lipinski definition) is 2. The van der Waals surface area contributed by atoms with Crippen molar-refractivity contribution in [1.29, 1.82) is 0 Å². The minimum absolute atomic E-state index is 0. The zero-order valence-electron chi connectivity index (χ0n) is 42.9. The number of ether oxygens (including phenoxy) is 1. The van der Waals surface area contributed by atoms with Gasteiger partial charge in [-0.3, -0.25) is 4.70 Å². The fraction of sp³-hybridized carbons (Fsp3) is 0.0704. The molecule has 1 fully saturated rings. The van der Waals surface area contributed by atoms with Crippen molar-refractivity contribution in [3.05, 3.63) is 267 Å². The molecule has 0 spiro atoms. The van der Waals surface area contributed by atoms with Gasteiger partial charge in [0, 0.05) is 62.6 Å². The maximum Gasteiger partial charge on any atom is 0.488 e. The zero-order valence-corrected chi connectivity index (χ0v) is 42.9. The molecule has 0 atom stereocenters. The summed E-state index contributed by atoms with van der Waals surface area (Å²) in [6, 6.07) is 94.3. The number of benzene rings is 11. The number of para-hydroxylation sites is 4. The van der Waals surface area contributed by atoms with Crippen molar-refractivity contribution >= 4 is 78.0 Å². The van der Waals surface area contributed by atoms with Crippen LogP contribution in [0, 0.1) is 0 Å². The van der Waals surface area contributed by atoms with E-state index in [1.807, 2.05) is 42.5 Å². The first kappa shape index (κ1) is 51.8. The Hall–Kier alpha value is -9.31. The van der Waals surface area contributed by atoms with E-state index in [1.165, 1.54) is 95.5 Å². The van der Waals surface area contributed by atoms with Crippen molar-refractivity contribution < 1.29 is 19.5 Å². The topological polar surface area (TPSA) is 64.5 Å². The Morgan fingerprint density at radius 3 is 1.01 bits per heavy atom. The van der Waals surface area contributed by atoms with Crippen LogP contribution in [0.5, 0.6) is 0 Å². The van der Waals surface area contributed by atoms with E-state index in [-0.39, 0.29) is 12.1 Å².